The number of benzene rings is 1. The molecule has 106 valence electrons. The Balaban J connectivity index is 2.95. The Morgan fingerprint density at radius 3 is 2.11 bits per heavy atom. The second-order valence-corrected chi connectivity index (χ2v) is 6.03. The maximum atomic E-state index is 12.4. The number of quaternary nitrogens is 1. The number of anilines is 1. The smallest absolute Gasteiger partial charge is 0.282 e. The van der Waals surface area contributed by atoms with Crippen molar-refractivity contribution >= 4 is 11.6 Å². The molecule has 0 radical (unpaired) electrons. The Morgan fingerprint density at radius 1 is 1.21 bits per heavy atom. The van der Waals surface area contributed by atoms with Gasteiger partial charge in [-0.3, -0.25) is 4.79 Å². The highest BCUT2D eigenvalue weighted by Gasteiger charge is 2.29. The Labute approximate surface area is 117 Å². The maximum Gasteiger partial charge on any atom is 0.282 e. The van der Waals surface area contributed by atoms with Crippen molar-refractivity contribution in [2.45, 2.75) is 40.7 Å². The van der Waals surface area contributed by atoms with Crippen LogP contribution in [0, 0.1) is 20.8 Å². The number of likely N-dealkylation sites (N-methyl/N-ethyl adjacent to an activating group) is 1. The van der Waals surface area contributed by atoms with Crippen LogP contribution < -0.4 is 5.32 Å². The molecule has 0 bridgehead atoms. The van der Waals surface area contributed by atoms with Crippen LogP contribution in [0.4, 0.5) is 5.69 Å². The van der Waals surface area contributed by atoms with E-state index in [-0.39, 0.29) is 11.9 Å². The summed E-state index contributed by atoms with van der Waals surface area (Å²) in [5.74, 6) is 0.0851. The summed E-state index contributed by atoms with van der Waals surface area (Å²) in [4.78, 5) is 12.4. The number of carbonyl (C=O) groups is 1. The molecule has 3 nitrogen and oxygen atoms in total. The molecule has 1 aromatic carbocycles. The molecule has 0 aliphatic carbocycles. The fraction of sp³-hybridized carbons (Fsp3) is 0.562. The van der Waals surface area contributed by atoms with E-state index in [1.54, 1.807) is 0 Å². The lowest BCUT2D eigenvalue weighted by Crippen LogP contribution is -2.52. The van der Waals surface area contributed by atoms with E-state index in [0.29, 0.717) is 4.48 Å². The molecule has 0 aliphatic heterocycles. The predicted octanol–water partition coefficient (Wildman–Crippen LogP) is 3.04. The lowest BCUT2D eigenvalue weighted by atomic mass is 10.0. The number of rotatable bonds is 4. The van der Waals surface area contributed by atoms with Crippen molar-refractivity contribution in [1.82, 2.24) is 0 Å². The van der Waals surface area contributed by atoms with Crippen molar-refractivity contribution in [3.8, 4) is 0 Å². The lowest BCUT2D eigenvalue weighted by Gasteiger charge is -2.34. The molecule has 1 amide bonds. The van der Waals surface area contributed by atoms with E-state index >= 15 is 0 Å². The van der Waals surface area contributed by atoms with Crippen molar-refractivity contribution in [3.05, 3.63) is 28.8 Å². The van der Waals surface area contributed by atoms with Gasteiger partial charge in [-0.05, 0) is 45.7 Å². The summed E-state index contributed by atoms with van der Waals surface area (Å²) in [6.45, 7) is 11.2. The molecule has 0 saturated heterocycles. The molecular weight excluding hydrogens is 236 g/mol. The molecule has 0 saturated carbocycles. The van der Waals surface area contributed by atoms with Gasteiger partial charge in [0.2, 0.25) is 0 Å². The van der Waals surface area contributed by atoms with Crippen LogP contribution in [0.2, 0.25) is 0 Å². The first-order chi connectivity index (χ1) is 8.69. The highest BCUT2D eigenvalue weighted by Crippen LogP contribution is 2.22. The topological polar surface area (TPSA) is 29.1 Å². The standard InChI is InChI=1S/C16H26N2O/c1-8-18(6,7)14(5)16(19)17-15-12(3)9-11(2)10-13(15)4/h9-10,14H,8H2,1-7H3/p+1. The summed E-state index contributed by atoms with van der Waals surface area (Å²) in [7, 11) is 4.16. The minimum atomic E-state index is -0.0647. The van der Waals surface area contributed by atoms with Crippen LogP contribution in [-0.2, 0) is 4.79 Å². The quantitative estimate of drug-likeness (QED) is 0.831. The number of nitrogens with one attached hydrogen (secondary N) is 1. The van der Waals surface area contributed by atoms with Crippen molar-refractivity contribution in [2.75, 3.05) is 26.0 Å². The van der Waals surface area contributed by atoms with Gasteiger partial charge in [0.05, 0.1) is 20.6 Å². The molecule has 1 unspecified atom stereocenters. The number of nitrogens with zero attached hydrogens (tertiary/aromatic N) is 1. The summed E-state index contributed by atoms with van der Waals surface area (Å²) in [5, 5.41) is 3.09. The zero-order valence-electron chi connectivity index (χ0n) is 13.3. The van der Waals surface area contributed by atoms with E-state index in [2.05, 4.69) is 45.4 Å². The molecule has 0 fully saturated rings. The molecule has 0 aromatic heterocycles. The lowest BCUT2D eigenvalue weighted by molar-refractivity contribution is -0.902. The molecule has 0 heterocycles. The van der Waals surface area contributed by atoms with Gasteiger partial charge in [0.15, 0.2) is 6.04 Å². The monoisotopic (exact) mass is 263 g/mol. The van der Waals surface area contributed by atoms with Crippen LogP contribution in [-0.4, -0.2) is 37.1 Å². The fourth-order valence-corrected chi connectivity index (χ4v) is 2.20. The number of carbonyl (C=O) groups excluding carboxylic acids is 1. The summed E-state index contributed by atoms with van der Waals surface area (Å²) in [6.07, 6.45) is 0. The first-order valence-corrected chi connectivity index (χ1v) is 6.90. The third-order valence-electron chi connectivity index (χ3n) is 4.17. The van der Waals surface area contributed by atoms with Gasteiger partial charge in [-0.15, -0.1) is 0 Å². The highest BCUT2D eigenvalue weighted by molar-refractivity contribution is 5.95. The minimum Gasteiger partial charge on any atom is -0.320 e. The van der Waals surface area contributed by atoms with E-state index in [1.165, 1.54) is 5.56 Å². The summed E-state index contributed by atoms with van der Waals surface area (Å²) >= 11 is 0. The van der Waals surface area contributed by atoms with E-state index in [0.717, 1.165) is 23.4 Å². The largest absolute Gasteiger partial charge is 0.320 e. The van der Waals surface area contributed by atoms with E-state index in [4.69, 9.17) is 0 Å². The van der Waals surface area contributed by atoms with Crippen LogP contribution in [0.1, 0.15) is 30.5 Å². The van der Waals surface area contributed by atoms with Gasteiger partial charge < -0.3 is 9.80 Å². The Kier molecular flexibility index (Phi) is 4.75. The summed E-state index contributed by atoms with van der Waals surface area (Å²) in [6, 6.07) is 4.14. The molecule has 1 aromatic rings. The molecule has 0 aliphatic rings. The maximum absolute atomic E-state index is 12.4. The van der Waals surface area contributed by atoms with Crippen LogP contribution >= 0.6 is 0 Å². The second-order valence-electron chi connectivity index (χ2n) is 6.03. The SMILES string of the molecule is CC[N+](C)(C)C(C)C(=O)Nc1c(C)cc(C)cc1C. The van der Waals surface area contributed by atoms with Crippen LogP contribution in [0.15, 0.2) is 12.1 Å². The van der Waals surface area contributed by atoms with E-state index < -0.39 is 0 Å². The normalized spacial score (nSPS) is 13.2. The van der Waals surface area contributed by atoms with Gasteiger partial charge in [-0.2, -0.15) is 0 Å². The third kappa shape index (κ3) is 3.57. The minimum absolute atomic E-state index is 0.0647. The van der Waals surface area contributed by atoms with Crippen LogP contribution in [0.25, 0.3) is 0 Å². The average Bonchev–Trinajstić information content (AvgIpc) is 2.32. The van der Waals surface area contributed by atoms with Gasteiger partial charge in [-0.1, -0.05) is 17.7 Å². The van der Waals surface area contributed by atoms with Gasteiger partial charge in [-0.25, -0.2) is 0 Å². The van der Waals surface area contributed by atoms with Gasteiger partial charge in [0.25, 0.3) is 5.91 Å². The van der Waals surface area contributed by atoms with E-state index in [9.17, 15) is 4.79 Å². The Bertz CT molecular complexity index is 455. The fourth-order valence-electron chi connectivity index (χ4n) is 2.20. The number of hydrogen-bond donors (Lipinski definition) is 1. The van der Waals surface area contributed by atoms with Crippen molar-refractivity contribution in [2.24, 2.45) is 0 Å². The van der Waals surface area contributed by atoms with Gasteiger partial charge >= 0.3 is 0 Å². The Hall–Kier alpha value is -1.35. The van der Waals surface area contributed by atoms with Crippen LogP contribution in [0.5, 0.6) is 0 Å². The number of aryl methyl sites for hydroxylation is 3. The zero-order chi connectivity index (χ0) is 14.8. The summed E-state index contributed by atoms with van der Waals surface area (Å²) in [5.41, 5.74) is 4.43. The van der Waals surface area contributed by atoms with Gasteiger partial charge in [0.1, 0.15) is 0 Å². The molecule has 3 heteroatoms. The Morgan fingerprint density at radius 2 is 1.68 bits per heavy atom. The van der Waals surface area contributed by atoms with E-state index in [1.807, 2.05) is 20.8 Å². The van der Waals surface area contributed by atoms with Gasteiger partial charge in [0, 0.05) is 5.69 Å². The number of amides is 1. The van der Waals surface area contributed by atoms with Crippen molar-refractivity contribution in [3.63, 3.8) is 0 Å². The van der Waals surface area contributed by atoms with Crippen LogP contribution in [0.3, 0.4) is 0 Å². The molecule has 0 spiro atoms. The van der Waals surface area contributed by atoms with Crippen molar-refractivity contribution in [1.29, 1.82) is 0 Å². The molecule has 1 rings (SSSR count). The first-order valence-electron chi connectivity index (χ1n) is 6.90. The second kappa shape index (κ2) is 5.74. The molecule has 1 atom stereocenters. The molecular formula is C16H27N2O+. The first kappa shape index (κ1) is 15.7. The molecule has 1 N–H and O–H groups in total. The third-order valence-corrected chi connectivity index (χ3v) is 4.17. The predicted molar refractivity (Wildman–Crippen MR) is 81.4 cm³/mol. The number of hydrogen-bond acceptors (Lipinski definition) is 1. The highest BCUT2D eigenvalue weighted by atomic mass is 16.2. The van der Waals surface area contributed by atoms with Crippen molar-refractivity contribution < 1.29 is 9.28 Å². The average molecular weight is 263 g/mol. The molecule has 19 heavy (non-hydrogen) atoms. The summed E-state index contributed by atoms with van der Waals surface area (Å²) < 4.78 is 0.690. The zero-order valence-corrected chi connectivity index (χ0v) is 13.3.